The van der Waals surface area contributed by atoms with E-state index in [1.165, 1.54) is 14.7 Å². The molecule has 0 saturated carbocycles. The van der Waals surface area contributed by atoms with Gasteiger partial charge in [-0.1, -0.05) is 18.2 Å². The van der Waals surface area contributed by atoms with Gasteiger partial charge in [0.25, 0.3) is 0 Å². The smallest absolute Gasteiger partial charge is 0.167 e. The van der Waals surface area contributed by atoms with Crippen LogP contribution in [0.5, 0.6) is 23.0 Å². The molecule has 4 aromatic rings. The predicted octanol–water partition coefficient (Wildman–Crippen LogP) is 7.21. The Balaban J connectivity index is 1.73. The molecule has 0 saturated heterocycles. The van der Waals surface area contributed by atoms with E-state index in [9.17, 15) is 0 Å². The van der Waals surface area contributed by atoms with Crippen LogP contribution < -0.4 is 14.2 Å². The van der Waals surface area contributed by atoms with Crippen molar-refractivity contribution in [1.82, 2.24) is 0 Å². The van der Waals surface area contributed by atoms with Crippen LogP contribution in [-0.4, -0.2) is 14.2 Å². The molecule has 32 heavy (non-hydrogen) atoms. The zero-order valence-corrected chi connectivity index (χ0v) is 19.6. The van der Waals surface area contributed by atoms with E-state index >= 15 is 0 Å². The zero-order valence-electron chi connectivity index (χ0n) is 18.8. The van der Waals surface area contributed by atoms with Gasteiger partial charge in [0, 0.05) is 12.1 Å². The Morgan fingerprint density at radius 3 is 1.47 bits per heavy atom. The number of hydrogen-bond donors (Lipinski definition) is 0. The molecule has 0 bridgehead atoms. The van der Waals surface area contributed by atoms with Crippen molar-refractivity contribution in [3.8, 4) is 23.0 Å². The summed E-state index contributed by atoms with van der Waals surface area (Å²) in [6.07, 6.45) is 0. The number of aryl methyl sites for hydroxylation is 2. The van der Waals surface area contributed by atoms with Crippen LogP contribution in [0.2, 0.25) is 0 Å². The Morgan fingerprint density at radius 2 is 1.00 bits per heavy atom. The third-order valence-electron chi connectivity index (χ3n) is 5.24. The van der Waals surface area contributed by atoms with Crippen LogP contribution in [0.1, 0.15) is 11.1 Å². The van der Waals surface area contributed by atoms with Crippen molar-refractivity contribution in [3.63, 3.8) is 0 Å². The van der Waals surface area contributed by atoms with Gasteiger partial charge in [-0.3, -0.25) is 0 Å². The number of rotatable bonds is 7. The highest BCUT2D eigenvalue weighted by Gasteiger charge is 2.30. The summed E-state index contributed by atoms with van der Waals surface area (Å²) in [5.41, 5.74) is 2.24. The second-order valence-electron chi connectivity index (χ2n) is 7.46. The van der Waals surface area contributed by atoms with Gasteiger partial charge in [-0.25, -0.2) is 0 Å². The summed E-state index contributed by atoms with van der Waals surface area (Å²) in [7, 11) is 3.14. The van der Waals surface area contributed by atoms with Crippen molar-refractivity contribution in [2.75, 3.05) is 14.2 Å². The highest BCUT2D eigenvalue weighted by atomic mass is 32.2. The van der Waals surface area contributed by atoms with Gasteiger partial charge in [0.2, 0.25) is 0 Å². The summed E-state index contributed by atoms with van der Waals surface area (Å²) in [5.74, 6) is 3.45. The Hall–Kier alpha value is -3.37. The summed E-state index contributed by atoms with van der Waals surface area (Å²) in [4.78, 5) is 3.70. The largest absolute Gasteiger partial charge is 0.496 e. The van der Waals surface area contributed by atoms with Crippen molar-refractivity contribution in [1.29, 1.82) is 0 Å². The summed E-state index contributed by atoms with van der Waals surface area (Å²) in [5, 5.41) is 0. The van der Waals surface area contributed by atoms with Crippen molar-refractivity contribution >= 4 is 10.9 Å². The molecule has 162 valence electrons. The molecule has 0 amide bonds. The Bertz CT molecular complexity index is 1130. The lowest BCUT2D eigenvalue weighted by Gasteiger charge is -2.13. The molecule has 0 unspecified atom stereocenters. The van der Waals surface area contributed by atoms with Crippen molar-refractivity contribution in [2.45, 2.75) is 28.5 Å². The molecule has 0 heterocycles. The summed E-state index contributed by atoms with van der Waals surface area (Å²) in [6, 6.07) is 31.1. The molecule has 0 aliphatic rings. The van der Waals surface area contributed by atoms with Gasteiger partial charge in [0.15, 0.2) is 14.7 Å². The lowest BCUT2D eigenvalue weighted by atomic mass is 10.2. The lowest BCUT2D eigenvalue weighted by molar-refractivity contribution is 0.411. The van der Waals surface area contributed by atoms with Crippen molar-refractivity contribution < 1.29 is 14.2 Å². The van der Waals surface area contributed by atoms with E-state index in [1.54, 1.807) is 14.2 Å². The SMILES string of the molecule is COc1ccc([S+](c2ccc(Oc3ccccc3)cc2)c2ccc(OC)c(C)c2)cc1C. The number of methoxy groups -OCH3 is 2. The summed E-state index contributed by atoms with van der Waals surface area (Å²) in [6.45, 7) is 4.17. The second kappa shape index (κ2) is 9.84. The van der Waals surface area contributed by atoms with Crippen LogP contribution in [0, 0.1) is 13.8 Å². The molecule has 3 nitrogen and oxygen atoms in total. The fourth-order valence-corrected chi connectivity index (χ4v) is 5.85. The first kappa shape index (κ1) is 21.8. The topological polar surface area (TPSA) is 27.7 Å². The molecular weight excluding hydrogens is 416 g/mol. The van der Waals surface area contributed by atoms with Crippen LogP contribution in [0.4, 0.5) is 0 Å². The Labute approximate surface area is 192 Å². The zero-order chi connectivity index (χ0) is 22.5. The highest BCUT2D eigenvalue weighted by molar-refractivity contribution is 7.97. The van der Waals surface area contributed by atoms with Crippen LogP contribution in [0.25, 0.3) is 0 Å². The molecule has 0 aromatic heterocycles. The second-order valence-corrected chi connectivity index (χ2v) is 9.48. The molecule has 0 N–H and O–H groups in total. The number of hydrogen-bond acceptors (Lipinski definition) is 3. The van der Waals surface area contributed by atoms with E-state index in [0.29, 0.717) is 0 Å². The van der Waals surface area contributed by atoms with Crippen LogP contribution in [0.15, 0.2) is 106 Å². The van der Waals surface area contributed by atoms with E-state index < -0.39 is 0 Å². The van der Waals surface area contributed by atoms with Crippen molar-refractivity contribution in [2.24, 2.45) is 0 Å². The minimum atomic E-state index is -0.277. The van der Waals surface area contributed by atoms with Crippen LogP contribution in [-0.2, 0) is 10.9 Å². The maximum Gasteiger partial charge on any atom is 0.167 e. The molecule has 0 aliphatic carbocycles. The molecule has 0 fully saturated rings. The fourth-order valence-electron chi connectivity index (χ4n) is 3.63. The maximum atomic E-state index is 5.99. The minimum Gasteiger partial charge on any atom is -0.496 e. The van der Waals surface area contributed by atoms with Gasteiger partial charge >= 0.3 is 0 Å². The molecule has 0 spiro atoms. The molecule has 0 aliphatic heterocycles. The lowest BCUT2D eigenvalue weighted by Crippen LogP contribution is -2.06. The van der Waals surface area contributed by atoms with E-state index in [1.807, 2.05) is 54.6 Å². The average Bonchev–Trinajstić information content (AvgIpc) is 2.81. The number of ether oxygens (including phenoxy) is 3. The van der Waals surface area contributed by atoms with Gasteiger partial charge in [-0.2, -0.15) is 0 Å². The Morgan fingerprint density at radius 1 is 0.531 bits per heavy atom. The minimum absolute atomic E-state index is 0.277. The van der Waals surface area contributed by atoms with Crippen LogP contribution >= 0.6 is 0 Å². The predicted molar refractivity (Wildman–Crippen MR) is 131 cm³/mol. The monoisotopic (exact) mass is 443 g/mol. The van der Waals surface area contributed by atoms with Gasteiger partial charge in [0.05, 0.1) is 25.1 Å². The summed E-state index contributed by atoms with van der Waals surface area (Å²) >= 11 is 0. The van der Waals surface area contributed by atoms with E-state index in [4.69, 9.17) is 14.2 Å². The van der Waals surface area contributed by atoms with Gasteiger partial charge in [-0.15, -0.1) is 0 Å². The third-order valence-corrected chi connectivity index (χ3v) is 7.44. The van der Waals surface area contributed by atoms with E-state index in [-0.39, 0.29) is 10.9 Å². The number of para-hydroxylation sites is 1. The molecule has 4 aromatic carbocycles. The quantitative estimate of drug-likeness (QED) is 0.283. The van der Waals surface area contributed by atoms with Gasteiger partial charge in [-0.05, 0) is 85.6 Å². The molecule has 0 radical (unpaired) electrons. The molecule has 0 atom stereocenters. The highest BCUT2D eigenvalue weighted by Crippen LogP contribution is 2.36. The first-order valence-corrected chi connectivity index (χ1v) is 11.7. The van der Waals surface area contributed by atoms with E-state index in [0.717, 1.165) is 34.1 Å². The van der Waals surface area contributed by atoms with Crippen molar-refractivity contribution in [3.05, 3.63) is 102 Å². The molecule has 4 rings (SSSR count). The number of benzene rings is 4. The van der Waals surface area contributed by atoms with E-state index in [2.05, 4.69) is 50.2 Å². The standard InChI is InChI=1S/C28H27O3S/c1-20-18-25(14-16-27(20)29-3)32(26-15-17-28(30-4)21(2)19-26)24-12-10-23(11-13-24)31-22-8-6-5-7-9-22/h5-19H,1-4H3/q+1. The molecular formula is C28H27O3S+. The fraction of sp³-hybridized carbons (Fsp3) is 0.143. The third kappa shape index (κ3) is 4.76. The van der Waals surface area contributed by atoms with Gasteiger partial charge in [0.1, 0.15) is 23.0 Å². The Kier molecular flexibility index (Phi) is 6.72. The first-order chi connectivity index (χ1) is 15.6. The normalized spacial score (nSPS) is 10.8. The molecule has 4 heteroatoms. The first-order valence-electron chi connectivity index (χ1n) is 10.5. The summed E-state index contributed by atoms with van der Waals surface area (Å²) < 4.78 is 17.0. The van der Waals surface area contributed by atoms with Crippen LogP contribution in [0.3, 0.4) is 0 Å². The maximum absolute atomic E-state index is 5.99. The average molecular weight is 444 g/mol. The van der Waals surface area contributed by atoms with Gasteiger partial charge < -0.3 is 14.2 Å².